The molecule has 1 heterocycles. The predicted octanol–water partition coefficient (Wildman–Crippen LogP) is 2.94. The third kappa shape index (κ3) is 1.87. The number of H-pyrrole nitrogens is 1. The van der Waals surface area contributed by atoms with Gasteiger partial charge in [-0.2, -0.15) is 5.10 Å². The van der Waals surface area contributed by atoms with E-state index in [1.807, 2.05) is 18.5 Å². The Kier molecular flexibility index (Phi) is 2.99. The van der Waals surface area contributed by atoms with Gasteiger partial charge in [0.05, 0.1) is 6.20 Å². The first-order valence-electron chi connectivity index (χ1n) is 4.51. The van der Waals surface area contributed by atoms with Crippen LogP contribution in [0.15, 0.2) is 42.7 Å². The lowest BCUT2D eigenvalue weighted by Gasteiger charge is -2.11. The van der Waals surface area contributed by atoms with Crippen molar-refractivity contribution < 1.29 is 0 Å². The van der Waals surface area contributed by atoms with Crippen LogP contribution in [0.1, 0.15) is 17.0 Å². The monoisotopic (exact) mass is 250 g/mol. The average molecular weight is 251 g/mol. The van der Waals surface area contributed by atoms with Gasteiger partial charge >= 0.3 is 0 Å². The molecule has 14 heavy (non-hydrogen) atoms. The third-order valence-corrected chi connectivity index (χ3v) is 2.93. The number of aromatic amines is 1. The maximum atomic E-state index is 3.97. The van der Waals surface area contributed by atoms with Crippen molar-refractivity contribution in [2.45, 2.75) is 5.92 Å². The van der Waals surface area contributed by atoms with Gasteiger partial charge in [0.25, 0.3) is 0 Å². The molecule has 0 aliphatic rings. The van der Waals surface area contributed by atoms with Crippen molar-refractivity contribution in [1.29, 1.82) is 0 Å². The fourth-order valence-electron chi connectivity index (χ4n) is 1.51. The molecule has 1 aromatic carbocycles. The van der Waals surface area contributed by atoms with E-state index in [-0.39, 0.29) is 0 Å². The molecule has 1 atom stereocenters. The van der Waals surface area contributed by atoms with Crippen LogP contribution in [-0.2, 0) is 0 Å². The molecule has 1 aromatic heterocycles. The van der Waals surface area contributed by atoms with Crippen LogP contribution in [0.4, 0.5) is 0 Å². The van der Waals surface area contributed by atoms with Crippen molar-refractivity contribution in [3.63, 3.8) is 0 Å². The Morgan fingerprint density at radius 2 is 2.00 bits per heavy atom. The molecule has 0 amide bonds. The first-order valence-corrected chi connectivity index (χ1v) is 5.63. The first-order chi connectivity index (χ1) is 6.92. The van der Waals surface area contributed by atoms with Gasteiger partial charge in [0.15, 0.2) is 0 Å². The van der Waals surface area contributed by atoms with Crippen LogP contribution in [0.2, 0.25) is 0 Å². The van der Waals surface area contributed by atoms with Gasteiger partial charge < -0.3 is 0 Å². The highest BCUT2D eigenvalue weighted by atomic mass is 79.9. The molecule has 0 bridgehead atoms. The molecule has 1 unspecified atom stereocenters. The molecule has 0 spiro atoms. The van der Waals surface area contributed by atoms with E-state index in [1.165, 1.54) is 11.1 Å². The van der Waals surface area contributed by atoms with E-state index in [4.69, 9.17) is 0 Å². The van der Waals surface area contributed by atoms with Gasteiger partial charge in [0.2, 0.25) is 0 Å². The minimum absolute atomic E-state index is 0.384. The Bertz CT molecular complexity index is 369. The fraction of sp³-hybridized carbons (Fsp3) is 0.182. The summed E-state index contributed by atoms with van der Waals surface area (Å²) in [5.74, 6) is 0.384. The van der Waals surface area contributed by atoms with Gasteiger partial charge in [0.1, 0.15) is 0 Å². The molecular formula is C11H11BrN2. The minimum Gasteiger partial charge on any atom is -0.285 e. The molecule has 2 rings (SSSR count). The average Bonchev–Trinajstić information content (AvgIpc) is 2.74. The Balaban J connectivity index is 2.31. The van der Waals surface area contributed by atoms with Crippen molar-refractivity contribution in [2.24, 2.45) is 0 Å². The van der Waals surface area contributed by atoms with Crippen LogP contribution < -0.4 is 0 Å². The molecule has 0 fully saturated rings. The number of hydrogen-bond donors (Lipinski definition) is 1. The summed E-state index contributed by atoms with van der Waals surface area (Å²) < 4.78 is 0. The Morgan fingerprint density at radius 3 is 2.57 bits per heavy atom. The number of aromatic nitrogens is 2. The van der Waals surface area contributed by atoms with Crippen LogP contribution in [0.25, 0.3) is 0 Å². The van der Waals surface area contributed by atoms with E-state index in [9.17, 15) is 0 Å². The van der Waals surface area contributed by atoms with E-state index < -0.39 is 0 Å². The lowest BCUT2D eigenvalue weighted by atomic mass is 9.96. The maximum Gasteiger partial charge on any atom is 0.0525 e. The summed E-state index contributed by atoms with van der Waals surface area (Å²) >= 11 is 3.53. The zero-order valence-electron chi connectivity index (χ0n) is 7.65. The molecule has 0 aliphatic carbocycles. The summed E-state index contributed by atoms with van der Waals surface area (Å²) in [5.41, 5.74) is 2.53. The second-order valence-corrected chi connectivity index (χ2v) is 3.80. The van der Waals surface area contributed by atoms with E-state index in [0.717, 1.165) is 5.33 Å². The molecule has 72 valence electrons. The SMILES string of the molecule is BrCC(c1ccccc1)c1cn[nH]c1. The Morgan fingerprint density at radius 1 is 1.21 bits per heavy atom. The number of alkyl halides is 1. The Hall–Kier alpha value is -1.09. The lowest BCUT2D eigenvalue weighted by Crippen LogP contribution is -2.00. The second kappa shape index (κ2) is 4.42. The fourth-order valence-corrected chi connectivity index (χ4v) is 2.26. The molecule has 0 saturated carbocycles. The van der Waals surface area contributed by atoms with Gasteiger partial charge in [0, 0.05) is 17.4 Å². The highest BCUT2D eigenvalue weighted by molar-refractivity contribution is 9.09. The van der Waals surface area contributed by atoms with Crippen LogP contribution in [-0.4, -0.2) is 15.5 Å². The van der Waals surface area contributed by atoms with Crippen LogP contribution in [0.5, 0.6) is 0 Å². The molecule has 0 aliphatic heterocycles. The number of halogens is 1. The minimum atomic E-state index is 0.384. The highest BCUT2D eigenvalue weighted by Crippen LogP contribution is 2.25. The third-order valence-electron chi connectivity index (χ3n) is 2.28. The lowest BCUT2D eigenvalue weighted by molar-refractivity contribution is 0.946. The van der Waals surface area contributed by atoms with Crippen molar-refractivity contribution in [1.82, 2.24) is 10.2 Å². The molecule has 0 radical (unpaired) electrons. The van der Waals surface area contributed by atoms with E-state index >= 15 is 0 Å². The predicted molar refractivity (Wildman–Crippen MR) is 60.7 cm³/mol. The highest BCUT2D eigenvalue weighted by Gasteiger charge is 2.12. The van der Waals surface area contributed by atoms with Gasteiger partial charge in [-0.05, 0) is 11.1 Å². The Labute approximate surface area is 91.5 Å². The zero-order valence-corrected chi connectivity index (χ0v) is 9.24. The summed E-state index contributed by atoms with van der Waals surface area (Å²) in [6.07, 6.45) is 3.82. The van der Waals surface area contributed by atoms with Gasteiger partial charge in [-0.3, -0.25) is 5.10 Å². The summed E-state index contributed by atoms with van der Waals surface area (Å²) in [6.45, 7) is 0. The second-order valence-electron chi connectivity index (χ2n) is 3.15. The van der Waals surface area contributed by atoms with Gasteiger partial charge in [-0.25, -0.2) is 0 Å². The number of nitrogens with one attached hydrogen (secondary N) is 1. The molecular weight excluding hydrogens is 240 g/mol. The molecule has 0 saturated heterocycles. The topological polar surface area (TPSA) is 28.7 Å². The molecule has 3 heteroatoms. The summed E-state index contributed by atoms with van der Waals surface area (Å²) in [7, 11) is 0. The molecule has 2 nitrogen and oxygen atoms in total. The normalized spacial score (nSPS) is 12.6. The largest absolute Gasteiger partial charge is 0.285 e. The summed E-state index contributed by atoms with van der Waals surface area (Å²) in [4.78, 5) is 0. The van der Waals surface area contributed by atoms with E-state index in [0.29, 0.717) is 5.92 Å². The number of benzene rings is 1. The van der Waals surface area contributed by atoms with Crippen LogP contribution >= 0.6 is 15.9 Å². The quantitative estimate of drug-likeness (QED) is 0.835. The van der Waals surface area contributed by atoms with Crippen molar-refractivity contribution in [3.8, 4) is 0 Å². The summed E-state index contributed by atoms with van der Waals surface area (Å²) in [5, 5.41) is 7.73. The smallest absolute Gasteiger partial charge is 0.0525 e. The molecule has 2 aromatic rings. The van der Waals surface area contributed by atoms with Crippen molar-refractivity contribution >= 4 is 15.9 Å². The number of rotatable bonds is 3. The van der Waals surface area contributed by atoms with Crippen molar-refractivity contribution in [2.75, 3.05) is 5.33 Å². The number of nitrogens with zero attached hydrogens (tertiary/aromatic N) is 1. The first kappa shape index (κ1) is 9.46. The molecule has 1 N–H and O–H groups in total. The van der Waals surface area contributed by atoms with E-state index in [1.54, 1.807) is 0 Å². The van der Waals surface area contributed by atoms with Crippen molar-refractivity contribution in [3.05, 3.63) is 53.9 Å². The van der Waals surface area contributed by atoms with Gasteiger partial charge in [-0.15, -0.1) is 0 Å². The summed E-state index contributed by atoms with van der Waals surface area (Å²) in [6, 6.07) is 10.4. The van der Waals surface area contributed by atoms with Crippen LogP contribution in [0, 0.1) is 0 Å². The maximum absolute atomic E-state index is 3.97. The zero-order chi connectivity index (χ0) is 9.80. The number of hydrogen-bond acceptors (Lipinski definition) is 1. The van der Waals surface area contributed by atoms with Crippen LogP contribution in [0.3, 0.4) is 0 Å². The van der Waals surface area contributed by atoms with Gasteiger partial charge in [-0.1, -0.05) is 46.3 Å². The standard InChI is InChI=1S/C11H11BrN2/c12-6-11(10-7-13-14-8-10)9-4-2-1-3-5-9/h1-5,7-8,11H,6H2,(H,13,14). The van der Waals surface area contributed by atoms with E-state index in [2.05, 4.69) is 50.4 Å².